The summed E-state index contributed by atoms with van der Waals surface area (Å²) >= 11 is 0. The summed E-state index contributed by atoms with van der Waals surface area (Å²) in [6.07, 6.45) is 26.5. The quantitative estimate of drug-likeness (QED) is 0.0286. The third-order valence-electron chi connectivity index (χ3n) is 12.9. The minimum atomic E-state index is -4.29. The Morgan fingerprint density at radius 3 is 0.926 bits per heavy atom. The number of unbranched alkanes of at least 4 members (excludes halogenated alkanes) is 12. The summed E-state index contributed by atoms with van der Waals surface area (Å²) in [7, 11) is -8.58. The largest absolute Gasteiger partial charge is 0.329 e. The van der Waals surface area contributed by atoms with Crippen molar-refractivity contribution in [2.45, 2.75) is 219 Å². The Labute approximate surface area is 416 Å². The lowest BCUT2D eigenvalue weighted by atomic mass is 9.92. The minimum absolute atomic E-state index is 0.146. The highest BCUT2D eigenvalue weighted by atomic mass is 32.2. The van der Waals surface area contributed by atoms with E-state index in [1.165, 1.54) is 77.0 Å². The fraction of sp³-hybridized carbons (Fsp3) is 0.655. The van der Waals surface area contributed by atoms with Gasteiger partial charge in [-0.15, -0.1) is 0 Å². The highest BCUT2D eigenvalue weighted by Crippen LogP contribution is 2.34. The Balaban J connectivity index is 0.000000432. The summed E-state index contributed by atoms with van der Waals surface area (Å²) in [6, 6.07) is 19.4. The maximum absolute atomic E-state index is 12.5. The molecule has 8 nitrogen and oxygen atoms in total. The first kappa shape index (κ1) is 61.3. The predicted octanol–water partition coefficient (Wildman–Crippen LogP) is 15.7. The number of benzene rings is 4. The molecule has 0 unspecified atom stereocenters. The lowest BCUT2D eigenvalue weighted by molar-refractivity contribution is 0.479. The van der Waals surface area contributed by atoms with Crippen LogP contribution in [0.1, 0.15) is 206 Å². The van der Waals surface area contributed by atoms with Gasteiger partial charge in [-0.2, -0.15) is 16.8 Å². The average Bonchev–Trinajstić information content (AvgIpc) is 3.27. The average molecular weight is 982 g/mol. The zero-order chi connectivity index (χ0) is 50.5. The van der Waals surface area contributed by atoms with Crippen LogP contribution in [-0.2, 0) is 45.9 Å². The van der Waals surface area contributed by atoms with Crippen molar-refractivity contribution in [3.8, 4) is 0 Å². The minimum Gasteiger partial charge on any atom is -0.329 e. The summed E-state index contributed by atoms with van der Waals surface area (Å²) in [5.41, 5.74) is 13.7. The molecule has 0 amide bonds. The van der Waals surface area contributed by atoms with Crippen molar-refractivity contribution in [2.24, 2.45) is 35.1 Å². The summed E-state index contributed by atoms with van der Waals surface area (Å²) in [5.74, 6) is 2.96. The number of rotatable bonds is 31. The first-order valence-corrected chi connectivity index (χ1v) is 29.6. The molecule has 0 heterocycles. The highest BCUT2D eigenvalue weighted by molar-refractivity contribution is 7.86. The van der Waals surface area contributed by atoms with Gasteiger partial charge >= 0.3 is 0 Å². The van der Waals surface area contributed by atoms with Crippen molar-refractivity contribution in [3.05, 3.63) is 82.9 Å². The molecule has 10 heteroatoms. The molecule has 4 rings (SSSR count). The van der Waals surface area contributed by atoms with Crippen molar-refractivity contribution in [1.82, 2.24) is 0 Å². The molecule has 0 atom stereocenters. The molecule has 0 radical (unpaired) electrons. The molecule has 0 saturated heterocycles. The first-order chi connectivity index (χ1) is 32.3. The van der Waals surface area contributed by atoms with Crippen LogP contribution in [-0.4, -0.2) is 39.0 Å². The van der Waals surface area contributed by atoms with Crippen LogP contribution in [0, 0.1) is 23.7 Å². The lowest BCUT2D eigenvalue weighted by Crippen LogP contribution is -2.11. The fourth-order valence-corrected chi connectivity index (χ4v) is 11.3. The number of nitrogens with two attached hydrogens (primary N) is 2. The summed E-state index contributed by atoms with van der Waals surface area (Å²) < 4.78 is 70.2. The van der Waals surface area contributed by atoms with E-state index in [4.69, 9.17) is 11.5 Å². The molecule has 4 aromatic carbocycles. The molecule has 0 fully saturated rings. The Bertz CT molecular complexity index is 2060. The second kappa shape index (κ2) is 33.7. The van der Waals surface area contributed by atoms with Crippen molar-refractivity contribution < 1.29 is 25.9 Å². The molecule has 0 aromatic heterocycles. The third-order valence-corrected chi connectivity index (χ3v) is 14.9. The van der Waals surface area contributed by atoms with E-state index in [-0.39, 0.29) is 9.79 Å². The molecule has 4 aromatic rings. The maximum atomic E-state index is 12.5. The van der Waals surface area contributed by atoms with E-state index < -0.39 is 20.2 Å². The van der Waals surface area contributed by atoms with Gasteiger partial charge in [0.2, 0.25) is 0 Å². The van der Waals surface area contributed by atoms with Crippen molar-refractivity contribution in [2.75, 3.05) is 13.1 Å². The van der Waals surface area contributed by atoms with Gasteiger partial charge in [-0.1, -0.05) is 219 Å². The lowest BCUT2D eigenvalue weighted by Gasteiger charge is -2.17. The van der Waals surface area contributed by atoms with Gasteiger partial charge in [0.1, 0.15) is 9.79 Å². The summed E-state index contributed by atoms with van der Waals surface area (Å²) in [5, 5.41) is 3.09. The van der Waals surface area contributed by atoms with Gasteiger partial charge in [-0.25, -0.2) is 0 Å². The molecule has 0 aliphatic carbocycles. The Kier molecular flexibility index (Phi) is 30.3. The van der Waals surface area contributed by atoms with Crippen LogP contribution in [0.15, 0.2) is 70.5 Å². The number of hydrogen-bond donors (Lipinski definition) is 4. The van der Waals surface area contributed by atoms with Crippen LogP contribution in [0.25, 0.3) is 21.5 Å². The van der Waals surface area contributed by atoms with E-state index in [0.29, 0.717) is 36.7 Å². The summed E-state index contributed by atoms with van der Waals surface area (Å²) in [4.78, 5) is 0.292. The van der Waals surface area contributed by atoms with E-state index in [2.05, 4.69) is 67.5 Å². The van der Waals surface area contributed by atoms with Gasteiger partial charge in [0.25, 0.3) is 20.2 Å². The smallest absolute Gasteiger partial charge is 0.295 e. The topological polar surface area (TPSA) is 161 Å². The fourth-order valence-electron chi connectivity index (χ4n) is 9.27. The second-order valence-electron chi connectivity index (χ2n) is 21.0. The highest BCUT2D eigenvalue weighted by Gasteiger charge is 2.24. The molecule has 0 aliphatic heterocycles. The molecule has 0 saturated carbocycles. The van der Waals surface area contributed by atoms with Crippen molar-refractivity contribution in [3.63, 3.8) is 0 Å². The van der Waals surface area contributed by atoms with Gasteiger partial charge in [0.05, 0.1) is 0 Å². The molecule has 6 N–H and O–H groups in total. The Morgan fingerprint density at radius 2 is 0.662 bits per heavy atom. The zero-order valence-corrected chi connectivity index (χ0v) is 45.6. The van der Waals surface area contributed by atoms with Crippen LogP contribution in [0.2, 0.25) is 0 Å². The van der Waals surface area contributed by atoms with Crippen molar-refractivity contribution >= 4 is 41.8 Å². The molecular formula is C58H96N2O6S2. The normalized spacial score (nSPS) is 12.1. The summed E-state index contributed by atoms with van der Waals surface area (Å²) in [6.45, 7) is 19.3. The third kappa shape index (κ3) is 24.3. The van der Waals surface area contributed by atoms with Gasteiger partial charge in [0.15, 0.2) is 0 Å². The second-order valence-corrected chi connectivity index (χ2v) is 23.8. The first-order valence-electron chi connectivity index (χ1n) is 26.7. The van der Waals surface area contributed by atoms with E-state index in [1.54, 1.807) is 0 Å². The SMILES string of the molecule is CC(C)CCCCCCc1cc2ccccc2c(S(=O)(=O)O)c1CCCCCCC(C)C.CC(C)CCCCCCc1cc2ccccc2c(S(=O)(=O)O)c1CCCCCCC(C)C.NCCN. The standard InChI is InChI=1S/2C28H44O3S.C2H8N2/c2*1-22(2)15-9-5-7-11-17-24-21-25-18-13-14-20-27(25)28(32(29,30)31)26(24)19-12-8-6-10-16-23(3)4;3-1-2-4/h2*13-14,18,20-23H,5-12,15-17,19H2,1-4H3,(H,29,30,31);1-4H2. The van der Waals surface area contributed by atoms with E-state index >= 15 is 0 Å². The van der Waals surface area contributed by atoms with Crippen LogP contribution >= 0.6 is 0 Å². The van der Waals surface area contributed by atoms with Crippen LogP contribution < -0.4 is 11.5 Å². The monoisotopic (exact) mass is 981 g/mol. The number of hydrogen-bond acceptors (Lipinski definition) is 6. The van der Waals surface area contributed by atoms with Gasteiger partial charge in [-0.3, -0.25) is 9.11 Å². The molecule has 0 spiro atoms. The van der Waals surface area contributed by atoms with Crippen LogP contribution in [0.4, 0.5) is 0 Å². The zero-order valence-electron chi connectivity index (χ0n) is 44.0. The molecule has 0 aliphatic rings. The van der Waals surface area contributed by atoms with E-state index in [9.17, 15) is 25.9 Å². The molecule has 386 valence electrons. The van der Waals surface area contributed by atoms with Gasteiger partial charge in [0, 0.05) is 23.9 Å². The van der Waals surface area contributed by atoms with Crippen LogP contribution in [0.3, 0.4) is 0 Å². The van der Waals surface area contributed by atoms with Crippen LogP contribution in [0.5, 0.6) is 0 Å². The van der Waals surface area contributed by atoms with Crippen molar-refractivity contribution in [1.29, 1.82) is 0 Å². The number of aryl methyl sites for hydroxylation is 2. The molecule has 0 bridgehead atoms. The Morgan fingerprint density at radius 1 is 0.397 bits per heavy atom. The van der Waals surface area contributed by atoms with E-state index in [1.807, 2.05) is 48.5 Å². The maximum Gasteiger partial charge on any atom is 0.295 e. The predicted molar refractivity (Wildman–Crippen MR) is 292 cm³/mol. The molecular weight excluding hydrogens is 885 g/mol. The van der Waals surface area contributed by atoms with E-state index in [0.717, 1.165) is 121 Å². The van der Waals surface area contributed by atoms with Gasteiger partial charge < -0.3 is 11.5 Å². The van der Waals surface area contributed by atoms with Gasteiger partial charge in [-0.05, 0) is 108 Å². The Hall–Kier alpha value is -2.86. The number of fused-ring (bicyclic) bond motifs is 2. The molecule has 68 heavy (non-hydrogen) atoms.